The van der Waals surface area contributed by atoms with Crippen LogP contribution in [0.2, 0.25) is 0 Å². The number of aliphatic hydroxyl groups excluding tert-OH is 3. The van der Waals surface area contributed by atoms with Crippen molar-refractivity contribution in [3.8, 4) is 0 Å². The van der Waals surface area contributed by atoms with Crippen molar-refractivity contribution in [1.29, 1.82) is 0 Å². The fourth-order valence-electron chi connectivity index (χ4n) is 4.78. The van der Waals surface area contributed by atoms with Gasteiger partial charge in [-0.1, -0.05) is 79.1 Å². The van der Waals surface area contributed by atoms with Crippen LogP contribution in [0.3, 0.4) is 0 Å². The first-order valence-corrected chi connectivity index (χ1v) is 18.9. The first-order chi connectivity index (χ1) is 23.0. The summed E-state index contributed by atoms with van der Waals surface area (Å²) in [5, 5.41) is 29.1. The smallest absolute Gasteiger partial charge is 0.0830 e. The Kier molecular flexibility index (Phi) is 35.1. The third-order valence-corrected chi connectivity index (χ3v) is 8.20. The van der Waals surface area contributed by atoms with Gasteiger partial charge in [-0.2, -0.15) is 0 Å². The molecule has 0 heterocycles. The van der Waals surface area contributed by atoms with Gasteiger partial charge in [-0.3, -0.25) is 0 Å². The Labute approximate surface area is 288 Å². The Morgan fingerprint density at radius 1 is 0.426 bits per heavy atom. The van der Waals surface area contributed by atoms with Crippen molar-refractivity contribution in [2.24, 2.45) is 17.3 Å². The van der Waals surface area contributed by atoms with Gasteiger partial charge in [0.25, 0.3) is 0 Å². The first kappa shape index (κ1) is 46.6. The maximum atomic E-state index is 9.71. The van der Waals surface area contributed by atoms with E-state index in [0.717, 1.165) is 97.1 Å². The summed E-state index contributed by atoms with van der Waals surface area (Å²) in [4.78, 5) is 0. The molecule has 2 atom stereocenters. The lowest BCUT2D eigenvalue weighted by molar-refractivity contribution is -0.0825. The lowest BCUT2D eigenvalue weighted by atomic mass is 9.92. The quantitative estimate of drug-likeness (QED) is 0.0685. The molecule has 0 rings (SSSR count). The van der Waals surface area contributed by atoms with Crippen LogP contribution in [0.15, 0.2) is 0 Å². The zero-order valence-corrected chi connectivity index (χ0v) is 30.9. The minimum atomic E-state index is -1.08. The van der Waals surface area contributed by atoms with Gasteiger partial charge in [-0.05, 0) is 32.1 Å². The van der Waals surface area contributed by atoms with E-state index in [-0.39, 0.29) is 44.4 Å². The van der Waals surface area contributed by atoms with Crippen molar-refractivity contribution < 1.29 is 48.5 Å². The fraction of sp³-hybridized carbons (Fsp3) is 1.00. The zero-order chi connectivity index (χ0) is 34.7. The van der Waals surface area contributed by atoms with Crippen LogP contribution in [-0.4, -0.2) is 127 Å². The molecule has 0 saturated carbocycles. The zero-order valence-electron chi connectivity index (χ0n) is 30.9. The van der Waals surface area contributed by atoms with Crippen LogP contribution in [0.4, 0.5) is 0 Å². The highest BCUT2D eigenvalue weighted by Gasteiger charge is 2.29. The van der Waals surface area contributed by atoms with Gasteiger partial charge in [0.1, 0.15) is 0 Å². The number of hydrogen-bond donors (Lipinski definition) is 3. The summed E-state index contributed by atoms with van der Waals surface area (Å²) in [7, 11) is 0. The summed E-state index contributed by atoms with van der Waals surface area (Å²) in [6.45, 7) is 14.6. The second kappa shape index (κ2) is 35.4. The second-order valence-electron chi connectivity index (χ2n) is 13.2. The summed E-state index contributed by atoms with van der Waals surface area (Å²) < 4.78 is 42.2. The summed E-state index contributed by atoms with van der Waals surface area (Å²) in [5.74, 6) is 0.0593. The van der Waals surface area contributed by atoms with Crippen LogP contribution in [0.25, 0.3) is 0 Å². The van der Waals surface area contributed by atoms with Crippen LogP contribution < -0.4 is 0 Å². The average molecular weight is 681 g/mol. The highest BCUT2D eigenvalue weighted by atomic mass is 16.5. The highest BCUT2D eigenvalue weighted by molar-refractivity contribution is 4.76. The summed E-state index contributed by atoms with van der Waals surface area (Å²) in [6, 6.07) is 0. The van der Waals surface area contributed by atoms with E-state index in [0.29, 0.717) is 52.9 Å². The lowest BCUT2D eigenvalue weighted by Gasteiger charge is -2.28. The number of hydrogen-bond acceptors (Lipinski definition) is 10. The van der Waals surface area contributed by atoms with Crippen molar-refractivity contribution in [1.82, 2.24) is 0 Å². The molecule has 0 aliphatic carbocycles. The van der Waals surface area contributed by atoms with Gasteiger partial charge >= 0.3 is 0 Å². The molecule has 0 spiro atoms. The lowest BCUT2D eigenvalue weighted by Crippen LogP contribution is -2.39. The maximum absolute atomic E-state index is 9.71. The summed E-state index contributed by atoms with van der Waals surface area (Å²) in [5.41, 5.74) is -1.08. The molecule has 284 valence electrons. The average Bonchev–Trinajstić information content (AvgIpc) is 3.09. The van der Waals surface area contributed by atoms with E-state index in [1.54, 1.807) is 0 Å². The molecule has 0 radical (unpaired) electrons. The Morgan fingerprint density at radius 2 is 0.809 bits per heavy atom. The van der Waals surface area contributed by atoms with E-state index >= 15 is 0 Å². The van der Waals surface area contributed by atoms with Crippen LogP contribution in [0.1, 0.15) is 111 Å². The van der Waals surface area contributed by atoms with E-state index in [2.05, 4.69) is 27.7 Å². The Morgan fingerprint density at radius 3 is 1.26 bits per heavy atom. The van der Waals surface area contributed by atoms with Gasteiger partial charge in [0.15, 0.2) is 0 Å². The van der Waals surface area contributed by atoms with E-state index in [9.17, 15) is 15.3 Å². The monoisotopic (exact) mass is 681 g/mol. The van der Waals surface area contributed by atoms with Crippen LogP contribution in [0.5, 0.6) is 0 Å². The third kappa shape index (κ3) is 28.0. The SMILES string of the molecule is CCCCCOCC(COCCCCC)COCC(COCCC(COCCCCC)OCCCCC)COCC(CO)(CO)CO. The number of aliphatic hydroxyl groups is 3. The predicted octanol–water partition coefficient (Wildman–Crippen LogP) is 5.82. The Bertz CT molecular complexity index is 585. The van der Waals surface area contributed by atoms with E-state index in [1.807, 2.05) is 0 Å². The van der Waals surface area contributed by atoms with Crippen LogP contribution >= 0.6 is 0 Å². The topological polar surface area (TPSA) is 125 Å². The van der Waals surface area contributed by atoms with E-state index in [1.165, 1.54) is 12.8 Å². The molecule has 0 aromatic carbocycles. The molecule has 0 aliphatic rings. The van der Waals surface area contributed by atoms with Crippen molar-refractivity contribution in [3.05, 3.63) is 0 Å². The number of rotatable bonds is 39. The van der Waals surface area contributed by atoms with Crippen LogP contribution in [0, 0.1) is 17.3 Å². The molecule has 0 aliphatic heterocycles. The minimum Gasteiger partial charge on any atom is -0.396 e. The van der Waals surface area contributed by atoms with E-state index < -0.39 is 5.41 Å². The van der Waals surface area contributed by atoms with Crippen molar-refractivity contribution in [2.45, 2.75) is 117 Å². The molecule has 10 nitrogen and oxygen atoms in total. The molecular weight excluding hydrogens is 604 g/mol. The van der Waals surface area contributed by atoms with Crippen molar-refractivity contribution >= 4 is 0 Å². The van der Waals surface area contributed by atoms with Crippen molar-refractivity contribution in [3.63, 3.8) is 0 Å². The normalized spacial score (nSPS) is 13.5. The van der Waals surface area contributed by atoms with Crippen LogP contribution in [-0.2, 0) is 33.2 Å². The summed E-state index contributed by atoms with van der Waals surface area (Å²) >= 11 is 0. The largest absolute Gasteiger partial charge is 0.396 e. The standard InChI is InChI=1S/C37H76O10/c1-5-9-13-18-41-23-34(24-42-19-14-10-6-2)26-45-27-35(28-46-33-37(30-38,31-39)32-40)25-44-22-17-36(47-21-16-12-8-4)29-43-20-15-11-7-3/h34-36,38-40H,5-33H2,1-4H3. The fourth-order valence-corrected chi connectivity index (χ4v) is 4.78. The number of unbranched alkanes of at least 4 members (excludes halogenated alkanes) is 8. The first-order valence-electron chi connectivity index (χ1n) is 18.9. The van der Waals surface area contributed by atoms with Crippen molar-refractivity contribution in [2.75, 3.05) is 106 Å². The van der Waals surface area contributed by atoms with Gasteiger partial charge in [-0.15, -0.1) is 0 Å². The molecule has 0 bridgehead atoms. The maximum Gasteiger partial charge on any atom is 0.0830 e. The van der Waals surface area contributed by atoms with Gasteiger partial charge in [0.2, 0.25) is 0 Å². The van der Waals surface area contributed by atoms with E-state index in [4.69, 9.17) is 33.2 Å². The summed E-state index contributed by atoms with van der Waals surface area (Å²) in [6.07, 6.45) is 14.3. The highest BCUT2D eigenvalue weighted by Crippen LogP contribution is 2.16. The van der Waals surface area contributed by atoms with Gasteiger partial charge < -0.3 is 48.5 Å². The van der Waals surface area contributed by atoms with Gasteiger partial charge in [-0.25, -0.2) is 0 Å². The molecule has 10 heteroatoms. The molecule has 3 N–H and O–H groups in total. The molecule has 2 unspecified atom stereocenters. The van der Waals surface area contributed by atoms with Gasteiger partial charge in [0.05, 0.1) is 84.2 Å². The predicted molar refractivity (Wildman–Crippen MR) is 188 cm³/mol. The van der Waals surface area contributed by atoms with Gasteiger partial charge in [0, 0.05) is 44.9 Å². The second-order valence-corrected chi connectivity index (χ2v) is 13.2. The molecule has 0 fully saturated rings. The molecule has 0 aromatic heterocycles. The number of ether oxygens (including phenoxy) is 7. The minimum absolute atomic E-state index is 0.00544. The molecule has 0 amide bonds. The molecule has 0 saturated heterocycles. The Balaban J connectivity index is 5.05. The molecule has 0 aromatic rings. The molecule has 47 heavy (non-hydrogen) atoms. The Hall–Kier alpha value is -0.400. The molecular formula is C37H76O10. The third-order valence-electron chi connectivity index (χ3n) is 8.20.